The van der Waals surface area contributed by atoms with Crippen LogP contribution in [0.25, 0.3) is 17.0 Å². The standard InChI is InChI=1S/C19H23N3O3/c1-3-12-25-19-16(13-15-6-4-5-7-17(15)22-19)8-9-18(24)21-11-10-20-14(2)23/h4-9,13H,3,10-12H2,1-2H3,(H,20,23)(H,21,24). The molecule has 6 heteroatoms. The van der Waals surface area contributed by atoms with E-state index in [4.69, 9.17) is 4.74 Å². The normalized spacial score (nSPS) is 10.8. The summed E-state index contributed by atoms with van der Waals surface area (Å²) in [7, 11) is 0. The molecule has 2 rings (SSSR count). The van der Waals surface area contributed by atoms with Crippen LogP contribution in [-0.4, -0.2) is 36.5 Å². The van der Waals surface area contributed by atoms with Crippen LogP contribution in [0, 0.1) is 0 Å². The Hall–Kier alpha value is -2.89. The maximum Gasteiger partial charge on any atom is 0.244 e. The van der Waals surface area contributed by atoms with Crippen LogP contribution in [0.1, 0.15) is 25.8 Å². The number of hydrogen-bond acceptors (Lipinski definition) is 4. The van der Waals surface area contributed by atoms with Gasteiger partial charge in [-0.2, -0.15) is 0 Å². The summed E-state index contributed by atoms with van der Waals surface area (Å²) in [5.74, 6) is 0.160. The Morgan fingerprint density at radius 1 is 1.20 bits per heavy atom. The molecule has 2 aromatic rings. The molecule has 0 aliphatic carbocycles. The van der Waals surface area contributed by atoms with Crippen molar-refractivity contribution in [1.29, 1.82) is 0 Å². The van der Waals surface area contributed by atoms with Gasteiger partial charge in [-0.15, -0.1) is 0 Å². The summed E-state index contributed by atoms with van der Waals surface area (Å²) in [6, 6.07) is 9.72. The highest BCUT2D eigenvalue weighted by molar-refractivity contribution is 5.93. The molecule has 0 saturated carbocycles. The molecule has 0 saturated heterocycles. The summed E-state index contributed by atoms with van der Waals surface area (Å²) in [6.45, 7) is 4.80. The van der Waals surface area contributed by atoms with Gasteiger partial charge in [-0.1, -0.05) is 25.1 Å². The molecule has 0 fully saturated rings. The zero-order valence-corrected chi connectivity index (χ0v) is 14.5. The minimum Gasteiger partial charge on any atom is -0.477 e. The zero-order valence-electron chi connectivity index (χ0n) is 14.5. The fraction of sp³-hybridized carbons (Fsp3) is 0.316. The highest BCUT2D eigenvalue weighted by atomic mass is 16.5. The number of pyridine rings is 1. The molecule has 132 valence electrons. The van der Waals surface area contributed by atoms with E-state index in [1.165, 1.54) is 13.0 Å². The maximum atomic E-state index is 11.9. The van der Waals surface area contributed by atoms with Gasteiger partial charge in [0.2, 0.25) is 17.7 Å². The molecule has 0 aliphatic heterocycles. The van der Waals surface area contributed by atoms with Crippen LogP contribution in [-0.2, 0) is 9.59 Å². The second kappa shape index (κ2) is 9.42. The fourth-order valence-electron chi connectivity index (χ4n) is 2.20. The number of amides is 2. The van der Waals surface area contributed by atoms with Crippen LogP contribution >= 0.6 is 0 Å². The number of para-hydroxylation sites is 1. The lowest BCUT2D eigenvalue weighted by Gasteiger charge is -2.09. The number of fused-ring (bicyclic) bond motifs is 1. The molecule has 0 bridgehead atoms. The molecule has 1 aromatic carbocycles. The first-order chi connectivity index (χ1) is 12.1. The molecule has 2 amide bonds. The number of nitrogens with zero attached hydrogens (tertiary/aromatic N) is 1. The van der Waals surface area contributed by atoms with Crippen LogP contribution in [0.3, 0.4) is 0 Å². The molecule has 1 aromatic heterocycles. The van der Waals surface area contributed by atoms with Crippen molar-refractivity contribution in [1.82, 2.24) is 15.6 Å². The predicted molar refractivity (Wildman–Crippen MR) is 98.3 cm³/mol. The van der Waals surface area contributed by atoms with Crippen LogP contribution in [0.15, 0.2) is 36.4 Å². The van der Waals surface area contributed by atoms with Gasteiger partial charge >= 0.3 is 0 Å². The number of aromatic nitrogens is 1. The number of carbonyl (C=O) groups excluding carboxylic acids is 2. The molecule has 2 N–H and O–H groups in total. The SMILES string of the molecule is CCCOc1nc2ccccc2cc1C=CC(=O)NCCNC(C)=O. The number of rotatable bonds is 8. The van der Waals surface area contributed by atoms with E-state index in [2.05, 4.69) is 15.6 Å². The van der Waals surface area contributed by atoms with Crippen LogP contribution in [0.2, 0.25) is 0 Å². The van der Waals surface area contributed by atoms with Gasteiger partial charge in [0.1, 0.15) is 0 Å². The lowest BCUT2D eigenvalue weighted by molar-refractivity contribution is -0.119. The second-order valence-corrected chi connectivity index (χ2v) is 5.53. The van der Waals surface area contributed by atoms with Gasteiger partial charge in [0, 0.05) is 37.0 Å². The minimum atomic E-state index is -0.236. The Balaban J connectivity index is 2.09. The predicted octanol–water partition coefficient (Wildman–Crippen LogP) is 2.29. The van der Waals surface area contributed by atoms with Crippen molar-refractivity contribution in [3.63, 3.8) is 0 Å². The van der Waals surface area contributed by atoms with Crippen molar-refractivity contribution in [2.75, 3.05) is 19.7 Å². The molecular weight excluding hydrogens is 318 g/mol. The van der Waals surface area contributed by atoms with Crippen molar-refractivity contribution < 1.29 is 14.3 Å². The third-order valence-electron chi connectivity index (χ3n) is 3.37. The first-order valence-corrected chi connectivity index (χ1v) is 8.33. The number of benzene rings is 1. The van der Waals surface area contributed by atoms with Gasteiger partial charge in [0.05, 0.1) is 12.1 Å². The highest BCUT2D eigenvalue weighted by Crippen LogP contribution is 2.23. The highest BCUT2D eigenvalue weighted by Gasteiger charge is 2.06. The minimum absolute atomic E-state index is 0.121. The summed E-state index contributed by atoms with van der Waals surface area (Å²) < 4.78 is 5.71. The van der Waals surface area contributed by atoms with Gasteiger partial charge in [-0.05, 0) is 24.6 Å². The van der Waals surface area contributed by atoms with Gasteiger partial charge in [-0.3, -0.25) is 9.59 Å². The smallest absolute Gasteiger partial charge is 0.244 e. The van der Waals surface area contributed by atoms with E-state index in [0.717, 1.165) is 22.9 Å². The zero-order chi connectivity index (χ0) is 18.1. The largest absolute Gasteiger partial charge is 0.477 e. The van der Waals surface area contributed by atoms with Crippen molar-refractivity contribution in [3.05, 3.63) is 42.0 Å². The van der Waals surface area contributed by atoms with Gasteiger partial charge < -0.3 is 15.4 Å². The first kappa shape index (κ1) is 18.4. The number of carbonyl (C=O) groups is 2. The van der Waals surface area contributed by atoms with Crippen molar-refractivity contribution in [2.24, 2.45) is 0 Å². The van der Waals surface area contributed by atoms with Crippen molar-refractivity contribution >= 4 is 28.8 Å². The Labute approximate surface area is 147 Å². The monoisotopic (exact) mass is 341 g/mol. The first-order valence-electron chi connectivity index (χ1n) is 8.33. The van der Waals surface area contributed by atoms with Gasteiger partial charge in [0.25, 0.3) is 0 Å². The summed E-state index contributed by atoms with van der Waals surface area (Å²) in [4.78, 5) is 27.2. The van der Waals surface area contributed by atoms with E-state index in [1.54, 1.807) is 6.08 Å². The third kappa shape index (κ3) is 5.91. The number of nitrogens with one attached hydrogen (secondary N) is 2. The van der Waals surface area contributed by atoms with E-state index in [9.17, 15) is 9.59 Å². The summed E-state index contributed by atoms with van der Waals surface area (Å²) in [5, 5.41) is 6.31. The maximum absolute atomic E-state index is 11.9. The Morgan fingerprint density at radius 3 is 2.72 bits per heavy atom. The molecule has 0 unspecified atom stereocenters. The lowest BCUT2D eigenvalue weighted by Crippen LogP contribution is -2.32. The lowest BCUT2D eigenvalue weighted by atomic mass is 10.1. The molecule has 0 atom stereocenters. The third-order valence-corrected chi connectivity index (χ3v) is 3.37. The Kier molecular flexibility index (Phi) is 6.95. The molecule has 0 radical (unpaired) electrons. The fourth-order valence-corrected chi connectivity index (χ4v) is 2.20. The van der Waals surface area contributed by atoms with Gasteiger partial charge in [0.15, 0.2) is 0 Å². The van der Waals surface area contributed by atoms with Gasteiger partial charge in [-0.25, -0.2) is 4.98 Å². The van der Waals surface area contributed by atoms with Crippen LogP contribution < -0.4 is 15.4 Å². The van der Waals surface area contributed by atoms with E-state index < -0.39 is 0 Å². The van der Waals surface area contributed by atoms with E-state index in [-0.39, 0.29) is 11.8 Å². The summed E-state index contributed by atoms with van der Waals surface area (Å²) >= 11 is 0. The van der Waals surface area contributed by atoms with Crippen LogP contribution in [0.4, 0.5) is 0 Å². The van der Waals surface area contributed by atoms with E-state index >= 15 is 0 Å². The van der Waals surface area contributed by atoms with Crippen molar-refractivity contribution in [3.8, 4) is 5.88 Å². The topological polar surface area (TPSA) is 80.3 Å². The average Bonchev–Trinajstić information content (AvgIpc) is 2.61. The molecule has 1 heterocycles. The Bertz CT molecular complexity index is 772. The summed E-state index contributed by atoms with van der Waals surface area (Å²) in [6.07, 6.45) is 4.01. The summed E-state index contributed by atoms with van der Waals surface area (Å²) in [5.41, 5.74) is 1.61. The average molecular weight is 341 g/mol. The number of hydrogen-bond donors (Lipinski definition) is 2. The quantitative estimate of drug-likeness (QED) is 0.570. The van der Waals surface area contributed by atoms with Crippen molar-refractivity contribution in [2.45, 2.75) is 20.3 Å². The molecule has 0 aliphatic rings. The molecule has 25 heavy (non-hydrogen) atoms. The van der Waals surface area contributed by atoms with E-state index in [0.29, 0.717) is 25.6 Å². The Morgan fingerprint density at radius 2 is 1.96 bits per heavy atom. The molecule has 0 spiro atoms. The number of ether oxygens (including phenoxy) is 1. The van der Waals surface area contributed by atoms with E-state index in [1.807, 2.05) is 37.3 Å². The second-order valence-electron chi connectivity index (χ2n) is 5.53. The molecule has 6 nitrogen and oxygen atoms in total. The van der Waals surface area contributed by atoms with Crippen LogP contribution in [0.5, 0.6) is 5.88 Å². The molecular formula is C19H23N3O3.